The second kappa shape index (κ2) is 2.74. The molecule has 0 N–H and O–H groups in total. The van der Waals surface area contributed by atoms with Crippen LogP contribution in [0.4, 0.5) is 0 Å². The van der Waals surface area contributed by atoms with Crippen LogP contribution in [0.2, 0.25) is 0 Å². The lowest BCUT2D eigenvalue weighted by molar-refractivity contribution is -0.150. The number of methoxy groups -OCH3 is 1. The van der Waals surface area contributed by atoms with E-state index in [0.717, 1.165) is 6.42 Å². The third kappa shape index (κ3) is 0.945. The fourth-order valence-corrected chi connectivity index (χ4v) is 3.75. The Labute approximate surface area is 86.0 Å². The number of ether oxygens (including phenoxy) is 1. The van der Waals surface area contributed by atoms with Crippen LogP contribution in [0.1, 0.15) is 40.0 Å². The maximum Gasteiger partial charge on any atom is 0.312 e. The van der Waals surface area contributed by atoms with Crippen LogP contribution in [0.15, 0.2) is 0 Å². The summed E-state index contributed by atoms with van der Waals surface area (Å²) in [5, 5.41) is 0. The van der Waals surface area contributed by atoms with Gasteiger partial charge in [0.15, 0.2) is 0 Å². The summed E-state index contributed by atoms with van der Waals surface area (Å²) in [5.74, 6) is 1.27. The summed E-state index contributed by atoms with van der Waals surface area (Å²) in [6.07, 6.45) is 3.49. The largest absolute Gasteiger partial charge is 0.469 e. The first-order chi connectivity index (χ1) is 6.46. The monoisotopic (exact) mass is 196 g/mol. The van der Waals surface area contributed by atoms with E-state index >= 15 is 0 Å². The SMILES string of the molecule is COC(=O)C12CC(C)CCC1C2(C)C. The van der Waals surface area contributed by atoms with E-state index in [9.17, 15) is 4.79 Å². The van der Waals surface area contributed by atoms with Crippen molar-refractivity contribution in [3.05, 3.63) is 0 Å². The third-order valence-electron chi connectivity index (χ3n) is 4.70. The highest BCUT2D eigenvalue weighted by molar-refractivity contribution is 5.82. The number of hydrogen-bond donors (Lipinski definition) is 0. The van der Waals surface area contributed by atoms with E-state index in [2.05, 4.69) is 20.8 Å². The first-order valence-corrected chi connectivity index (χ1v) is 5.55. The van der Waals surface area contributed by atoms with Gasteiger partial charge in [-0.3, -0.25) is 4.79 Å². The Morgan fingerprint density at radius 2 is 2.00 bits per heavy atom. The Hall–Kier alpha value is -0.530. The summed E-state index contributed by atoms with van der Waals surface area (Å²) in [4.78, 5) is 11.9. The van der Waals surface area contributed by atoms with Gasteiger partial charge in [0.1, 0.15) is 0 Å². The van der Waals surface area contributed by atoms with Gasteiger partial charge in [0, 0.05) is 0 Å². The zero-order valence-corrected chi connectivity index (χ0v) is 9.59. The predicted octanol–water partition coefficient (Wildman–Crippen LogP) is 2.62. The Morgan fingerprint density at radius 1 is 1.36 bits per heavy atom. The lowest BCUT2D eigenvalue weighted by Gasteiger charge is -2.25. The summed E-state index contributed by atoms with van der Waals surface area (Å²) in [6.45, 7) is 6.68. The van der Waals surface area contributed by atoms with Gasteiger partial charge in [-0.2, -0.15) is 0 Å². The minimum absolute atomic E-state index is 0.0269. The Balaban J connectivity index is 2.28. The normalized spacial score (nSPS) is 44.0. The molecule has 2 heteroatoms. The van der Waals surface area contributed by atoms with Crippen LogP contribution in [-0.2, 0) is 9.53 Å². The van der Waals surface area contributed by atoms with Gasteiger partial charge in [-0.25, -0.2) is 0 Å². The van der Waals surface area contributed by atoms with E-state index in [0.29, 0.717) is 11.8 Å². The fraction of sp³-hybridized carbons (Fsp3) is 0.917. The number of esters is 1. The zero-order valence-electron chi connectivity index (χ0n) is 9.59. The molecule has 2 aliphatic carbocycles. The Kier molecular flexibility index (Phi) is 1.96. The van der Waals surface area contributed by atoms with Gasteiger partial charge in [-0.15, -0.1) is 0 Å². The number of hydrogen-bond acceptors (Lipinski definition) is 2. The molecule has 80 valence electrons. The maximum atomic E-state index is 11.9. The zero-order chi connectivity index (χ0) is 10.6. The molecule has 2 rings (SSSR count). The molecule has 0 radical (unpaired) electrons. The van der Waals surface area contributed by atoms with E-state index in [1.807, 2.05) is 0 Å². The molecule has 2 aliphatic rings. The fourth-order valence-electron chi connectivity index (χ4n) is 3.75. The van der Waals surface area contributed by atoms with Crippen LogP contribution in [-0.4, -0.2) is 13.1 Å². The van der Waals surface area contributed by atoms with Crippen LogP contribution in [0.5, 0.6) is 0 Å². The highest BCUT2D eigenvalue weighted by atomic mass is 16.5. The smallest absolute Gasteiger partial charge is 0.312 e. The average Bonchev–Trinajstić information content (AvgIpc) is 2.63. The molecule has 3 atom stereocenters. The summed E-state index contributed by atoms with van der Waals surface area (Å²) in [5.41, 5.74) is 0.0320. The Morgan fingerprint density at radius 3 is 2.57 bits per heavy atom. The minimum Gasteiger partial charge on any atom is -0.469 e. The number of rotatable bonds is 1. The lowest BCUT2D eigenvalue weighted by atomic mass is 9.80. The molecule has 0 heterocycles. The molecule has 0 bridgehead atoms. The molecule has 0 aliphatic heterocycles. The molecule has 0 saturated heterocycles. The molecule has 2 fully saturated rings. The molecule has 0 amide bonds. The molecule has 0 aromatic rings. The summed E-state index contributed by atoms with van der Waals surface area (Å²) in [6, 6.07) is 0. The molecule has 0 aromatic carbocycles. The van der Waals surface area contributed by atoms with Gasteiger partial charge in [0.2, 0.25) is 0 Å². The summed E-state index contributed by atoms with van der Waals surface area (Å²) < 4.78 is 4.98. The van der Waals surface area contributed by atoms with Gasteiger partial charge in [-0.1, -0.05) is 27.2 Å². The van der Waals surface area contributed by atoms with Crippen LogP contribution in [0, 0.1) is 22.7 Å². The first kappa shape index (κ1) is 10.0. The van der Waals surface area contributed by atoms with Gasteiger partial charge < -0.3 is 4.74 Å². The number of carbonyl (C=O) groups is 1. The molecule has 0 aromatic heterocycles. The highest BCUT2D eigenvalue weighted by Crippen LogP contribution is 2.75. The molecule has 0 spiro atoms. The van der Waals surface area contributed by atoms with Crippen LogP contribution >= 0.6 is 0 Å². The summed E-state index contributed by atoms with van der Waals surface area (Å²) in [7, 11) is 1.52. The van der Waals surface area contributed by atoms with Crippen LogP contribution in [0.3, 0.4) is 0 Å². The van der Waals surface area contributed by atoms with Crippen LogP contribution < -0.4 is 0 Å². The molecular weight excluding hydrogens is 176 g/mol. The van der Waals surface area contributed by atoms with Crippen molar-refractivity contribution in [3.8, 4) is 0 Å². The molecule has 3 unspecified atom stereocenters. The standard InChI is InChI=1S/C12H20O2/c1-8-5-6-9-11(2,3)12(9,7-8)10(13)14-4/h8-9H,5-7H2,1-4H3. The van der Waals surface area contributed by atoms with Crippen molar-refractivity contribution >= 4 is 5.97 Å². The molecule has 2 nitrogen and oxygen atoms in total. The highest BCUT2D eigenvalue weighted by Gasteiger charge is 2.76. The third-order valence-corrected chi connectivity index (χ3v) is 4.70. The minimum atomic E-state index is -0.139. The number of carbonyl (C=O) groups excluding carboxylic acids is 1. The quantitative estimate of drug-likeness (QED) is 0.603. The molecule has 14 heavy (non-hydrogen) atoms. The topological polar surface area (TPSA) is 26.3 Å². The molecule has 2 saturated carbocycles. The molecular formula is C12H20O2. The lowest BCUT2D eigenvalue weighted by Crippen LogP contribution is -2.28. The van der Waals surface area contributed by atoms with E-state index < -0.39 is 0 Å². The second-order valence-corrected chi connectivity index (χ2v) is 5.62. The van der Waals surface area contributed by atoms with Crippen molar-refractivity contribution in [2.24, 2.45) is 22.7 Å². The Bertz CT molecular complexity index is 269. The van der Waals surface area contributed by atoms with Crippen molar-refractivity contribution in [1.29, 1.82) is 0 Å². The van der Waals surface area contributed by atoms with Gasteiger partial charge >= 0.3 is 5.97 Å². The van der Waals surface area contributed by atoms with Crippen molar-refractivity contribution in [1.82, 2.24) is 0 Å². The van der Waals surface area contributed by atoms with Gasteiger partial charge in [-0.05, 0) is 30.1 Å². The summed E-state index contributed by atoms with van der Waals surface area (Å²) >= 11 is 0. The van der Waals surface area contributed by atoms with Crippen molar-refractivity contribution in [2.45, 2.75) is 40.0 Å². The van der Waals surface area contributed by atoms with Crippen LogP contribution in [0.25, 0.3) is 0 Å². The van der Waals surface area contributed by atoms with Gasteiger partial charge in [0.25, 0.3) is 0 Å². The van der Waals surface area contributed by atoms with E-state index in [4.69, 9.17) is 4.74 Å². The van der Waals surface area contributed by atoms with E-state index in [-0.39, 0.29) is 16.8 Å². The van der Waals surface area contributed by atoms with Crippen molar-refractivity contribution in [3.63, 3.8) is 0 Å². The first-order valence-electron chi connectivity index (χ1n) is 5.55. The predicted molar refractivity (Wildman–Crippen MR) is 54.7 cm³/mol. The number of fused-ring (bicyclic) bond motifs is 1. The van der Waals surface area contributed by atoms with E-state index in [1.165, 1.54) is 20.0 Å². The average molecular weight is 196 g/mol. The maximum absolute atomic E-state index is 11.9. The second-order valence-electron chi connectivity index (χ2n) is 5.62. The van der Waals surface area contributed by atoms with E-state index in [1.54, 1.807) is 0 Å². The van der Waals surface area contributed by atoms with Gasteiger partial charge in [0.05, 0.1) is 12.5 Å². The van der Waals surface area contributed by atoms with Crippen molar-refractivity contribution < 1.29 is 9.53 Å². The van der Waals surface area contributed by atoms with Crippen molar-refractivity contribution in [2.75, 3.05) is 7.11 Å².